The van der Waals surface area contributed by atoms with Crippen LogP contribution in [0, 0.1) is 0 Å². The van der Waals surface area contributed by atoms with Crippen LogP contribution in [-0.2, 0) is 19.0 Å². The molecule has 0 radical (unpaired) electrons. The van der Waals surface area contributed by atoms with Crippen LogP contribution < -0.4 is 5.73 Å². The molecule has 2 aromatic heterocycles. The summed E-state index contributed by atoms with van der Waals surface area (Å²) in [5.41, 5.74) is 10.6. The lowest BCUT2D eigenvalue weighted by Gasteiger charge is -2.40. The molecule has 0 amide bonds. The number of aromatic nitrogens is 4. The second-order valence-electron chi connectivity index (χ2n) is 15.9. The van der Waals surface area contributed by atoms with Gasteiger partial charge in [-0.15, -0.1) is 0 Å². The molecule has 4 rings (SSSR count). The van der Waals surface area contributed by atoms with E-state index in [2.05, 4.69) is 123 Å². The summed E-state index contributed by atoms with van der Waals surface area (Å²) >= 11 is 0. The van der Waals surface area contributed by atoms with E-state index in [1.807, 2.05) is 4.57 Å². The Kier molecular flexibility index (Phi) is 8.67. The van der Waals surface area contributed by atoms with Crippen LogP contribution in [0.5, 0.6) is 0 Å². The van der Waals surface area contributed by atoms with Crippen LogP contribution in [0.25, 0.3) is 22.4 Å². The number of imidazole rings is 1. The molecule has 3 heterocycles. The highest BCUT2D eigenvalue weighted by atomic mass is 28.4. The number of nitrogens with two attached hydrogens (primary N) is 1. The largest absolute Gasteiger partial charge is 0.414 e. The van der Waals surface area contributed by atoms with Gasteiger partial charge >= 0.3 is 0 Å². The molecule has 1 saturated heterocycles. The van der Waals surface area contributed by atoms with Gasteiger partial charge < -0.3 is 19.3 Å². The Morgan fingerprint density at radius 3 is 2.05 bits per heavy atom. The molecule has 8 nitrogen and oxygen atoms in total. The van der Waals surface area contributed by atoms with Gasteiger partial charge in [-0.2, -0.15) is 4.98 Å². The third-order valence-electron chi connectivity index (χ3n) is 9.62. The van der Waals surface area contributed by atoms with Crippen LogP contribution in [0.4, 0.5) is 5.95 Å². The number of hydrogen-bond donors (Lipinski definition) is 1. The lowest BCUT2D eigenvalue weighted by atomic mass is 9.86. The van der Waals surface area contributed by atoms with Gasteiger partial charge in [0, 0.05) is 12.0 Å². The van der Waals surface area contributed by atoms with E-state index in [0.717, 1.165) is 11.3 Å². The minimum atomic E-state index is -2.07. The molecule has 1 aliphatic heterocycles. The molecule has 0 aliphatic carbocycles. The second kappa shape index (κ2) is 11.1. The maximum absolute atomic E-state index is 6.98. The van der Waals surface area contributed by atoms with Crippen molar-refractivity contribution in [3.8, 4) is 11.3 Å². The standard InChI is InChI=1S/C32H53N5O3Si2/c1-30(2,3)22-16-14-21(15-17-22)26-27-28(36-29(33)35-26)37(20-34-27)25-18-23(40-42(12,13)32(7,8)9)24(39-25)19-38-41(10,11)31(4,5)6/h14-17,20,23-25H,18-19H2,1-13H3,(H2,33,35,36)/t23-,24+,25+/m0/s1. The lowest BCUT2D eigenvalue weighted by molar-refractivity contribution is -0.0383. The Bertz CT molecular complexity index is 1400. The first kappa shape index (κ1) is 32.8. The molecular formula is C32H53N5O3Si2. The molecule has 2 N–H and O–H groups in total. The first-order valence-electron chi connectivity index (χ1n) is 15.2. The number of fused-ring (bicyclic) bond motifs is 1. The van der Waals surface area contributed by atoms with Gasteiger partial charge in [-0.25, -0.2) is 9.97 Å². The number of nitrogen functional groups attached to an aromatic ring is 1. The third kappa shape index (κ3) is 6.67. The van der Waals surface area contributed by atoms with Crippen molar-refractivity contribution >= 4 is 33.7 Å². The van der Waals surface area contributed by atoms with Gasteiger partial charge in [0.2, 0.25) is 5.95 Å². The van der Waals surface area contributed by atoms with Crippen molar-refractivity contribution in [2.45, 2.75) is 129 Å². The summed E-state index contributed by atoms with van der Waals surface area (Å²) in [7, 11) is -4.04. The van der Waals surface area contributed by atoms with Crippen LogP contribution in [0.2, 0.25) is 36.3 Å². The van der Waals surface area contributed by atoms with Crippen molar-refractivity contribution in [1.82, 2.24) is 19.5 Å². The fourth-order valence-electron chi connectivity index (χ4n) is 4.68. The molecule has 0 saturated carbocycles. The SMILES string of the molecule is CC(C)(C)c1ccc(-c2nc(N)nc3c2ncn3[C@H]2C[C@H](O[Si](C)(C)C(C)(C)C)[C@@H](CO[Si](C)(C)C(C)(C)C)O2)cc1. The molecule has 1 aromatic carbocycles. The molecule has 232 valence electrons. The molecule has 1 aliphatic rings. The number of ether oxygens (including phenoxy) is 1. The molecule has 0 spiro atoms. The van der Waals surface area contributed by atoms with Crippen molar-refractivity contribution in [2.24, 2.45) is 0 Å². The highest BCUT2D eigenvalue weighted by Crippen LogP contribution is 2.43. The zero-order chi connectivity index (χ0) is 31.5. The number of rotatable bonds is 7. The highest BCUT2D eigenvalue weighted by molar-refractivity contribution is 6.74. The Morgan fingerprint density at radius 2 is 1.50 bits per heavy atom. The maximum Gasteiger partial charge on any atom is 0.222 e. The lowest BCUT2D eigenvalue weighted by Crippen LogP contribution is -2.48. The van der Waals surface area contributed by atoms with Gasteiger partial charge in [0.25, 0.3) is 0 Å². The zero-order valence-electron chi connectivity index (χ0n) is 28.1. The van der Waals surface area contributed by atoms with Crippen LogP contribution in [-0.4, -0.2) is 55.0 Å². The van der Waals surface area contributed by atoms with Crippen molar-refractivity contribution in [2.75, 3.05) is 12.3 Å². The van der Waals surface area contributed by atoms with Crippen molar-refractivity contribution < 1.29 is 13.6 Å². The second-order valence-corrected chi connectivity index (χ2v) is 25.5. The minimum Gasteiger partial charge on any atom is -0.414 e. The summed E-state index contributed by atoms with van der Waals surface area (Å²) in [6.07, 6.45) is 1.89. The van der Waals surface area contributed by atoms with Gasteiger partial charge in [0.1, 0.15) is 23.5 Å². The molecule has 1 fully saturated rings. The molecular weight excluding hydrogens is 559 g/mol. The van der Waals surface area contributed by atoms with Gasteiger partial charge in [-0.05, 0) is 47.2 Å². The topological polar surface area (TPSA) is 97.3 Å². The van der Waals surface area contributed by atoms with E-state index in [9.17, 15) is 0 Å². The Balaban J connectivity index is 1.68. The molecule has 0 bridgehead atoms. The van der Waals surface area contributed by atoms with Gasteiger partial charge in [-0.1, -0.05) is 86.6 Å². The monoisotopic (exact) mass is 611 g/mol. The molecule has 10 heteroatoms. The summed E-state index contributed by atoms with van der Waals surface area (Å²) in [6.45, 7) is 29.9. The molecule has 3 aromatic rings. The number of benzene rings is 1. The number of hydrogen-bond acceptors (Lipinski definition) is 7. The normalized spacial score (nSPS) is 20.9. The average molecular weight is 612 g/mol. The van der Waals surface area contributed by atoms with Crippen molar-refractivity contribution in [3.05, 3.63) is 36.2 Å². The Morgan fingerprint density at radius 1 is 0.905 bits per heavy atom. The number of anilines is 1. The molecule has 0 unspecified atom stereocenters. The van der Waals surface area contributed by atoms with E-state index in [1.165, 1.54) is 5.56 Å². The van der Waals surface area contributed by atoms with Crippen LogP contribution >= 0.6 is 0 Å². The minimum absolute atomic E-state index is 0.0633. The maximum atomic E-state index is 6.98. The number of nitrogens with zero attached hydrogens (tertiary/aromatic N) is 4. The van der Waals surface area contributed by atoms with Crippen LogP contribution in [0.1, 0.15) is 80.5 Å². The summed E-state index contributed by atoms with van der Waals surface area (Å²) in [5, 5.41) is 0.189. The summed E-state index contributed by atoms with van der Waals surface area (Å²) in [4.78, 5) is 14.0. The Labute approximate surface area is 255 Å². The van der Waals surface area contributed by atoms with E-state index in [4.69, 9.17) is 24.3 Å². The van der Waals surface area contributed by atoms with E-state index in [0.29, 0.717) is 24.2 Å². The predicted octanol–water partition coefficient (Wildman–Crippen LogP) is 8.07. The first-order valence-corrected chi connectivity index (χ1v) is 21.0. The predicted molar refractivity (Wildman–Crippen MR) is 178 cm³/mol. The van der Waals surface area contributed by atoms with E-state index < -0.39 is 16.6 Å². The van der Waals surface area contributed by atoms with Gasteiger partial charge in [-0.3, -0.25) is 4.57 Å². The Hall–Kier alpha value is -2.12. The van der Waals surface area contributed by atoms with Crippen LogP contribution in [0.3, 0.4) is 0 Å². The first-order chi connectivity index (χ1) is 19.1. The summed E-state index contributed by atoms with van der Waals surface area (Å²) < 4.78 is 22.4. The highest BCUT2D eigenvalue weighted by Gasteiger charge is 2.47. The molecule has 3 atom stereocenters. The zero-order valence-corrected chi connectivity index (χ0v) is 30.1. The van der Waals surface area contributed by atoms with Gasteiger partial charge in [0.05, 0.1) is 19.0 Å². The molecule has 42 heavy (non-hydrogen) atoms. The average Bonchev–Trinajstić information content (AvgIpc) is 3.43. The van der Waals surface area contributed by atoms with Crippen molar-refractivity contribution in [3.63, 3.8) is 0 Å². The quantitative estimate of drug-likeness (QED) is 0.270. The van der Waals surface area contributed by atoms with E-state index in [1.54, 1.807) is 6.33 Å². The fourth-order valence-corrected chi connectivity index (χ4v) is 7.05. The fraction of sp³-hybridized carbons (Fsp3) is 0.656. The van der Waals surface area contributed by atoms with Crippen molar-refractivity contribution in [1.29, 1.82) is 0 Å². The van der Waals surface area contributed by atoms with E-state index >= 15 is 0 Å². The summed E-state index contributed by atoms with van der Waals surface area (Å²) in [6, 6.07) is 8.47. The van der Waals surface area contributed by atoms with Gasteiger partial charge in [0.15, 0.2) is 22.3 Å². The summed E-state index contributed by atoms with van der Waals surface area (Å²) in [5.74, 6) is 0.212. The van der Waals surface area contributed by atoms with Crippen LogP contribution in [0.15, 0.2) is 30.6 Å². The third-order valence-corrected chi connectivity index (χ3v) is 18.6. The smallest absolute Gasteiger partial charge is 0.222 e. The van der Waals surface area contributed by atoms with E-state index in [-0.39, 0.29) is 39.9 Å².